The van der Waals surface area contributed by atoms with Gasteiger partial charge in [-0.3, -0.25) is 4.79 Å². The molecule has 5 nitrogen and oxygen atoms in total. The van der Waals surface area contributed by atoms with Gasteiger partial charge in [0, 0.05) is 17.9 Å². The van der Waals surface area contributed by atoms with Crippen molar-refractivity contribution in [1.29, 1.82) is 0 Å². The largest absolute Gasteiger partial charge is 0.488 e. The van der Waals surface area contributed by atoms with Gasteiger partial charge < -0.3 is 9.16 Å². The van der Waals surface area contributed by atoms with E-state index in [1.54, 1.807) is 12.1 Å². The highest BCUT2D eigenvalue weighted by molar-refractivity contribution is 6.74. The fraction of sp³-hybridized carbons (Fsp3) is 0.524. The number of ether oxygens (including phenoxy) is 1. The van der Waals surface area contributed by atoms with E-state index in [2.05, 4.69) is 44.4 Å². The zero-order valence-corrected chi connectivity index (χ0v) is 19.7. The predicted octanol–water partition coefficient (Wildman–Crippen LogP) is 5.30. The minimum absolute atomic E-state index is 0.0970. The van der Waals surface area contributed by atoms with E-state index in [-0.39, 0.29) is 46.2 Å². The standard InChI is InChI=1S/C21H30ClFN2O3Si/c1-14-13-17(26)24-25-20(14)15-9-10-16(18(22)19(15)23)27-11-7-8-12-28-29(5,6)21(2,3)4/h7-10,14H,11-13H2,1-6H3,(H,24,26)/b8-7-. The van der Waals surface area contributed by atoms with E-state index in [4.69, 9.17) is 20.8 Å². The third kappa shape index (κ3) is 5.90. The van der Waals surface area contributed by atoms with Crippen LogP contribution in [0.15, 0.2) is 29.4 Å². The third-order valence-electron chi connectivity index (χ3n) is 5.43. The molecule has 0 radical (unpaired) electrons. The van der Waals surface area contributed by atoms with Gasteiger partial charge in [-0.05, 0) is 36.3 Å². The zero-order valence-electron chi connectivity index (χ0n) is 17.9. The van der Waals surface area contributed by atoms with Crippen LogP contribution in [-0.4, -0.2) is 33.2 Å². The molecule has 0 aromatic heterocycles. The van der Waals surface area contributed by atoms with E-state index >= 15 is 0 Å². The number of rotatable bonds is 7. The molecular formula is C21H30ClFN2O3Si. The second kappa shape index (κ2) is 9.41. The Morgan fingerprint density at radius 1 is 1.31 bits per heavy atom. The van der Waals surface area contributed by atoms with Crippen molar-refractivity contribution in [2.45, 2.75) is 52.2 Å². The Morgan fingerprint density at radius 3 is 2.59 bits per heavy atom. The van der Waals surface area contributed by atoms with Gasteiger partial charge in [-0.2, -0.15) is 5.10 Å². The van der Waals surface area contributed by atoms with Crippen LogP contribution in [0.4, 0.5) is 4.39 Å². The van der Waals surface area contributed by atoms with Crippen molar-refractivity contribution in [3.8, 4) is 5.75 Å². The summed E-state index contributed by atoms with van der Waals surface area (Å²) >= 11 is 6.16. The molecule has 1 amide bonds. The molecule has 1 aromatic carbocycles. The number of amides is 1. The van der Waals surface area contributed by atoms with Crippen LogP contribution < -0.4 is 10.2 Å². The summed E-state index contributed by atoms with van der Waals surface area (Å²) in [5, 5.41) is 4.04. The summed E-state index contributed by atoms with van der Waals surface area (Å²) in [5.74, 6) is -0.714. The molecule has 1 aliphatic heterocycles. The van der Waals surface area contributed by atoms with Crippen molar-refractivity contribution in [1.82, 2.24) is 5.43 Å². The molecule has 1 aliphatic rings. The first-order valence-electron chi connectivity index (χ1n) is 9.70. The minimum Gasteiger partial charge on any atom is -0.488 e. The Labute approximate surface area is 178 Å². The van der Waals surface area contributed by atoms with Crippen molar-refractivity contribution in [2.24, 2.45) is 11.0 Å². The third-order valence-corrected chi connectivity index (χ3v) is 10.3. The van der Waals surface area contributed by atoms with Crippen LogP contribution in [0.1, 0.15) is 39.7 Å². The van der Waals surface area contributed by atoms with Gasteiger partial charge >= 0.3 is 0 Å². The molecule has 1 aromatic rings. The molecule has 0 aliphatic carbocycles. The van der Waals surface area contributed by atoms with Gasteiger partial charge in [0.05, 0.1) is 12.3 Å². The van der Waals surface area contributed by atoms with Crippen molar-refractivity contribution in [2.75, 3.05) is 13.2 Å². The molecule has 1 atom stereocenters. The lowest BCUT2D eigenvalue weighted by Crippen LogP contribution is -2.40. The SMILES string of the molecule is CC1CC(=O)NN=C1c1ccc(OC/C=C\CO[Si](C)(C)C(C)(C)C)c(Cl)c1F. The van der Waals surface area contributed by atoms with E-state index in [0.717, 1.165) is 0 Å². The monoisotopic (exact) mass is 440 g/mol. The number of benzene rings is 1. The van der Waals surface area contributed by atoms with Crippen molar-refractivity contribution >= 4 is 31.5 Å². The van der Waals surface area contributed by atoms with Crippen molar-refractivity contribution in [3.05, 3.63) is 40.7 Å². The lowest BCUT2D eigenvalue weighted by atomic mass is 9.94. The van der Waals surface area contributed by atoms with Crippen LogP contribution in [0.25, 0.3) is 0 Å². The summed E-state index contributed by atoms with van der Waals surface area (Å²) in [6, 6.07) is 3.19. The maximum atomic E-state index is 14.8. The molecule has 8 heteroatoms. The second-order valence-corrected chi connectivity index (χ2v) is 13.9. The number of carbonyl (C=O) groups excluding carboxylic acids is 1. The van der Waals surface area contributed by atoms with Gasteiger partial charge in [0.25, 0.3) is 0 Å². The normalized spacial score (nSPS) is 18.0. The number of nitrogens with zero attached hydrogens (tertiary/aromatic N) is 1. The molecule has 1 N–H and O–H groups in total. The average molecular weight is 441 g/mol. The van der Waals surface area contributed by atoms with E-state index in [9.17, 15) is 9.18 Å². The zero-order chi connectivity index (χ0) is 21.8. The average Bonchev–Trinajstić information content (AvgIpc) is 2.61. The maximum Gasteiger partial charge on any atom is 0.240 e. The molecule has 0 fully saturated rings. The summed E-state index contributed by atoms with van der Waals surface area (Å²) in [6.45, 7) is 13.6. The van der Waals surface area contributed by atoms with E-state index in [0.29, 0.717) is 12.3 Å². The quantitative estimate of drug-likeness (QED) is 0.462. The van der Waals surface area contributed by atoms with Crippen molar-refractivity contribution in [3.63, 3.8) is 0 Å². The molecular weight excluding hydrogens is 411 g/mol. The molecule has 0 bridgehead atoms. The van der Waals surface area contributed by atoms with Gasteiger partial charge in [-0.25, -0.2) is 9.82 Å². The number of hydrogen-bond donors (Lipinski definition) is 1. The first kappa shape index (κ1) is 23.6. The Balaban J connectivity index is 1.96. The highest BCUT2D eigenvalue weighted by Gasteiger charge is 2.36. The summed E-state index contributed by atoms with van der Waals surface area (Å²) in [5.41, 5.74) is 3.13. The van der Waals surface area contributed by atoms with Gasteiger partial charge in [-0.1, -0.05) is 45.4 Å². The van der Waals surface area contributed by atoms with E-state index in [1.165, 1.54) is 0 Å². The fourth-order valence-corrected chi connectivity index (χ4v) is 3.73. The first-order chi connectivity index (χ1) is 13.4. The Bertz CT molecular complexity index is 819. The first-order valence-corrected chi connectivity index (χ1v) is 13.0. The number of nitrogens with one attached hydrogen (secondary N) is 1. The summed E-state index contributed by atoms with van der Waals surface area (Å²) in [6.07, 6.45) is 3.99. The molecule has 1 heterocycles. The van der Waals surface area contributed by atoms with Crippen LogP contribution in [0, 0.1) is 11.7 Å². The number of hydrogen-bond acceptors (Lipinski definition) is 4. The smallest absolute Gasteiger partial charge is 0.240 e. The highest BCUT2D eigenvalue weighted by atomic mass is 35.5. The Kier molecular flexibility index (Phi) is 7.65. The lowest BCUT2D eigenvalue weighted by Gasteiger charge is -2.35. The predicted molar refractivity (Wildman–Crippen MR) is 118 cm³/mol. The van der Waals surface area contributed by atoms with Crippen LogP contribution in [0.2, 0.25) is 23.2 Å². The molecule has 29 heavy (non-hydrogen) atoms. The highest BCUT2D eigenvalue weighted by Crippen LogP contribution is 2.36. The molecule has 0 saturated carbocycles. The van der Waals surface area contributed by atoms with Crippen LogP contribution in [0.3, 0.4) is 0 Å². The molecule has 160 valence electrons. The van der Waals surface area contributed by atoms with Gasteiger partial charge in [0.1, 0.15) is 17.4 Å². The summed E-state index contributed by atoms with van der Waals surface area (Å²) < 4.78 is 26.4. The topological polar surface area (TPSA) is 59.9 Å². The minimum atomic E-state index is -1.78. The Morgan fingerprint density at radius 2 is 1.97 bits per heavy atom. The lowest BCUT2D eigenvalue weighted by molar-refractivity contribution is -0.121. The van der Waals surface area contributed by atoms with Crippen LogP contribution in [0.5, 0.6) is 5.75 Å². The molecule has 1 unspecified atom stereocenters. The second-order valence-electron chi connectivity index (χ2n) is 8.73. The number of halogens is 2. The van der Waals surface area contributed by atoms with Gasteiger partial charge in [0.2, 0.25) is 5.91 Å². The number of hydrazone groups is 1. The maximum absolute atomic E-state index is 14.8. The Hall–Kier alpha value is -1.70. The van der Waals surface area contributed by atoms with Gasteiger partial charge in [0.15, 0.2) is 14.1 Å². The van der Waals surface area contributed by atoms with Gasteiger partial charge in [-0.15, -0.1) is 0 Å². The van der Waals surface area contributed by atoms with E-state index in [1.807, 2.05) is 19.1 Å². The van der Waals surface area contributed by atoms with E-state index < -0.39 is 14.1 Å². The number of carbonyl (C=O) groups is 1. The van der Waals surface area contributed by atoms with Crippen LogP contribution >= 0.6 is 11.6 Å². The molecule has 2 rings (SSSR count). The molecule has 0 spiro atoms. The van der Waals surface area contributed by atoms with Crippen LogP contribution in [-0.2, 0) is 9.22 Å². The summed E-state index contributed by atoms with van der Waals surface area (Å²) in [7, 11) is -1.78. The summed E-state index contributed by atoms with van der Waals surface area (Å²) in [4.78, 5) is 11.4. The fourth-order valence-electron chi connectivity index (χ4n) is 2.57. The molecule has 0 saturated heterocycles. The van der Waals surface area contributed by atoms with Crippen molar-refractivity contribution < 1.29 is 18.3 Å².